The van der Waals surface area contributed by atoms with Crippen molar-refractivity contribution < 1.29 is 32.6 Å². The lowest BCUT2D eigenvalue weighted by molar-refractivity contribution is -0.146. The van der Waals surface area contributed by atoms with E-state index in [2.05, 4.69) is 20.4 Å². The topological polar surface area (TPSA) is 107 Å². The standard InChI is InChI=1S/C18H15Cl2F2N3O5/c1-9-12(19)6-13(20)16(24-9)25-14(26)8-29-15(27)7-23-17(28)10-3-2-4-11(5-10)30-18(21)22/h2-6,18H,7-8H2,1H3,(H,23,28)(H,24,25,26). The minimum atomic E-state index is -3.04. The number of nitrogens with zero attached hydrogens (tertiary/aromatic N) is 1. The number of aromatic nitrogens is 1. The number of rotatable bonds is 8. The van der Waals surface area contributed by atoms with Crippen molar-refractivity contribution in [2.24, 2.45) is 0 Å². The van der Waals surface area contributed by atoms with E-state index in [1.54, 1.807) is 6.92 Å². The first-order valence-corrected chi connectivity index (χ1v) is 9.02. The molecule has 8 nitrogen and oxygen atoms in total. The Morgan fingerprint density at radius 2 is 1.90 bits per heavy atom. The number of carbonyl (C=O) groups excluding carboxylic acids is 3. The Hall–Kier alpha value is -2.98. The molecule has 30 heavy (non-hydrogen) atoms. The first-order chi connectivity index (χ1) is 14.2. The molecule has 0 fully saturated rings. The average Bonchev–Trinajstić information content (AvgIpc) is 2.68. The van der Waals surface area contributed by atoms with Crippen molar-refractivity contribution in [3.63, 3.8) is 0 Å². The molecule has 12 heteroatoms. The third-order valence-corrected chi connectivity index (χ3v) is 4.11. The number of ether oxygens (including phenoxy) is 2. The van der Waals surface area contributed by atoms with Crippen molar-refractivity contribution in [3.8, 4) is 5.75 Å². The van der Waals surface area contributed by atoms with Crippen LogP contribution in [0.3, 0.4) is 0 Å². The number of esters is 1. The van der Waals surface area contributed by atoms with Gasteiger partial charge in [-0.05, 0) is 31.2 Å². The van der Waals surface area contributed by atoms with Crippen LogP contribution in [0, 0.1) is 6.92 Å². The van der Waals surface area contributed by atoms with Crippen LogP contribution in [-0.4, -0.2) is 42.5 Å². The molecule has 1 aromatic heterocycles. The van der Waals surface area contributed by atoms with Crippen molar-refractivity contribution in [3.05, 3.63) is 51.6 Å². The molecule has 160 valence electrons. The van der Waals surface area contributed by atoms with Crippen LogP contribution < -0.4 is 15.4 Å². The fourth-order valence-electron chi connectivity index (χ4n) is 2.08. The molecule has 2 aromatic rings. The van der Waals surface area contributed by atoms with Gasteiger partial charge in [-0.15, -0.1) is 0 Å². The number of amides is 2. The van der Waals surface area contributed by atoms with Gasteiger partial charge in [0.2, 0.25) is 0 Å². The summed E-state index contributed by atoms with van der Waals surface area (Å²) >= 11 is 11.8. The van der Waals surface area contributed by atoms with Gasteiger partial charge in [0.05, 0.1) is 15.7 Å². The Kier molecular flexibility index (Phi) is 8.31. The smallest absolute Gasteiger partial charge is 0.387 e. The van der Waals surface area contributed by atoms with Crippen LogP contribution in [0.4, 0.5) is 14.6 Å². The maximum Gasteiger partial charge on any atom is 0.387 e. The summed E-state index contributed by atoms with van der Waals surface area (Å²) in [6.07, 6.45) is 0. The fourth-order valence-corrected chi connectivity index (χ4v) is 2.49. The summed E-state index contributed by atoms with van der Waals surface area (Å²) in [7, 11) is 0. The van der Waals surface area contributed by atoms with Crippen LogP contribution in [0.1, 0.15) is 16.1 Å². The van der Waals surface area contributed by atoms with Gasteiger partial charge in [0.15, 0.2) is 12.4 Å². The average molecular weight is 462 g/mol. The highest BCUT2D eigenvalue weighted by Gasteiger charge is 2.14. The van der Waals surface area contributed by atoms with Crippen LogP contribution >= 0.6 is 23.2 Å². The van der Waals surface area contributed by atoms with E-state index in [9.17, 15) is 23.2 Å². The third-order valence-electron chi connectivity index (χ3n) is 3.44. The number of benzene rings is 1. The molecule has 0 saturated heterocycles. The van der Waals surface area contributed by atoms with Crippen molar-refractivity contribution >= 4 is 46.8 Å². The van der Waals surface area contributed by atoms with Gasteiger partial charge >= 0.3 is 12.6 Å². The van der Waals surface area contributed by atoms with E-state index in [1.165, 1.54) is 24.3 Å². The largest absolute Gasteiger partial charge is 0.454 e. The molecule has 0 aliphatic heterocycles. The normalized spacial score (nSPS) is 10.5. The summed E-state index contributed by atoms with van der Waals surface area (Å²) < 4.78 is 33.4. The Labute approximate surface area is 179 Å². The molecule has 0 aliphatic carbocycles. The summed E-state index contributed by atoms with van der Waals surface area (Å²) in [5.74, 6) is -2.48. The number of anilines is 1. The van der Waals surface area contributed by atoms with Gasteiger partial charge in [0.1, 0.15) is 12.3 Å². The first kappa shape index (κ1) is 23.3. The number of pyridine rings is 1. The van der Waals surface area contributed by atoms with E-state index in [4.69, 9.17) is 27.9 Å². The first-order valence-electron chi connectivity index (χ1n) is 8.27. The highest BCUT2D eigenvalue weighted by atomic mass is 35.5. The van der Waals surface area contributed by atoms with E-state index < -0.39 is 37.5 Å². The van der Waals surface area contributed by atoms with Crippen LogP contribution in [0.15, 0.2) is 30.3 Å². The molecule has 0 aliphatic rings. The predicted molar refractivity (Wildman–Crippen MR) is 104 cm³/mol. The molecule has 2 N–H and O–H groups in total. The Morgan fingerprint density at radius 1 is 1.17 bits per heavy atom. The molecule has 0 spiro atoms. The highest BCUT2D eigenvalue weighted by molar-refractivity contribution is 6.36. The van der Waals surface area contributed by atoms with Crippen LogP contribution in [0.25, 0.3) is 0 Å². The zero-order valence-corrected chi connectivity index (χ0v) is 16.9. The second-order valence-electron chi connectivity index (χ2n) is 5.68. The molecule has 0 bridgehead atoms. The van der Waals surface area contributed by atoms with Crippen molar-refractivity contribution in [1.82, 2.24) is 10.3 Å². The maximum absolute atomic E-state index is 12.2. The third kappa shape index (κ3) is 7.12. The van der Waals surface area contributed by atoms with Gasteiger partial charge in [-0.25, -0.2) is 4.98 Å². The van der Waals surface area contributed by atoms with E-state index >= 15 is 0 Å². The summed E-state index contributed by atoms with van der Waals surface area (Å²) in [6.45, 7) is -2.62. The Morgan fingerprint density at radius 3 is 2.60 bits per heavy atom. The molecule has 1 aromatic carbocycles. The zero-order valence-electron chi connectivity index (χ0n) is 15.4. The lowest BCUT2D eigenvalue weighted by Gasteiger charge is -2.10. The van der Waals surface area contributed by atoms with Gasteiger partial charge in [-0.2, -0.15) is 8.78 Å². The van der Waals surface area contributed by atoms with E-state index in [0.717, 1.165) is 6.07 Å². The van der Waals surface area contributed by atoms with Gasteiger partial charge in [0, 0.05) is 5.56 Å². The van der Waals surface area contributed by atoms with E-state index in [1.807, 2.05) is 0 Å². The minimum absolute atomic E-state index is 0.00230. The number of aryl methyl sites for hydroxylation is 1. The SMILES string of the molecule is Cc1nc(NC(=O)COC(=O)CNC(=O)c2cccc(OC(F)F)c2)c(Cl)cc1Cl. The van der Waals surface area contributed by atoms with Crippen molar-refractivity contribution in [2.75, 3.05) is 18.5 Å². The van der Waals surface area contributed by atoms with Gasteiger partial charge in [-0.1, -0.05) is 29.3 Å². The van der Waals surface area contributed by atoms with Crippen molar-refractivity contribution in [2.45, 2.75) is 13.5 Å². The number of halogens is 4. The number of hydrogen-bond acceptors (Lipinski definition) is 6. The molecule has 0 saturated carbocycles. The summed E-state index contributed by atoms with van der Waals surface area (Å²) in [5.41, 5.74) is 0.441. The lowest BCUT2D eigenvalue weighted by atomic mass is 10.2. The quantitative estimate of drug-likeness (QED) is 0.584. The summed E-state index contributed by atoms with van der Waals surface area (Å²) in [5, 5.41) is 5.04. The summed E-state index contributed by atoms with van der Waals surface area (Å²) in [6, 6.07) is 6.43. The molecule has 2 rings (SSSR count). The van der Waals surface area contributed by atoms with Crippen molar-refractivity contribution in [1.29, 1.82) is 0 Å². The molecular weight excluding hydrogens is 447 g/mol. The fraction of sp³-hybridized carbons (Fsp3) is 0.222. The Balaban J connectivity index is 1.80. The van der Waals surface area contributed by atoms with Crippen LogP contribution in [0.2, 0.25) is 10.0 Å². The second-order valence-corrected chi connectivity index (χ2v) is 6.50. The lowest BCUT2D eigenvalue weighted by Crippen LogP contribution is -2.32. The molecule has 2 amide bonds. The van der Waals surface area contributed by atoms with E-state index in [0.29, 0.717) is 10.7 Å². The predicted octanol–water partition coefficient (Wildman–Crippen LogP) is 3.21. The number of carbonyl (C=O) groups is 3. The van der Waals surface area contributed by atoms with Crippen LogP contribution in [0.5, 0.6) is 5.75 Å². The summed E-state index contributed by atoms with van der Waals surface area (Å²) in [4.78, 5) is 39.6. The van der Waals surface area contributed by atoms with Crippen LogP contribution in [-0.2, 0) is 14.3 Å². The number of alkyl halides is 2. The van der Waals surface area contributed by atoms with Gasteiger partial charge in [0.25, 0.3) is 11.8 Å². The number of hydrogen-bond donors (Lipinski definition) is 2. The second kappa shape index (κ2) is 10.7. The monoisotopic (exact) mass is 461 g/mol. The molecular formula is C18H15Cl2F2N3O5. The number of nitrogens with one attached hydrogen (secondary N) is 2. The maximum atomic E-state index is 12.2. The van der Waals surface area contributed by atoms with Gasteiger partial charge < -0.3 is 20.1 Å². The Bertz CT molecular complexity index is 959. The zero-order chi connectivity index (χ0) is 22.3. The minimum Gasteiger partial charge on any atom is -0.454 e. The molecule has 1 heterocycles. The molecule has 0 radical (unpaired) electrons. The molecule has 0 unspecified atom stereocenters. The molecule has 0 atom stereocenters. The highest BCUT2D eigenvalue weighted by Crippen LogP contribution is 2.25. The van der Waals surface area contributed by atoms with E-state index in [-0.39, 0.29) is 22.2 Å². The van der Waals surface area contributed by atoms with Gasteiger partial charge in [-0.3, -0.25) is 14.4 Å².